The number of hydrogen-bond acceptors (Lipinski definition) is 7. The third-order valence-corrected chi connectivity index (χ3v) is 5.48. The van der Waals surface area contributed by atoms with E-state index in [1.807, 2.05) is 20.1 Å². The van der Waals surface area contributed by atoms with Crippen molar-refractivity contribution in [3.8, 4) is 0 Å². The van der Waals surface area contributed by atoms with Gasteiger partial charge in [-0.05, 0) is 24.3 Å². The first kappa shape index (κ1) is 26.4. The predicted molar refractivity (Wildman–Crippen MR) is 117 cm³/mol. The molecule has 0 saturated heterocycles. The number of amides is 3. The second-order valence-corrected chi connectivity index (χ2v) is 8.20. The predicted octanol–water partition coefficient (Wildman–Crippen LogP) is -0.751. The molecule has 1 rings (SSSR count). The summed E-state index contributed by atoms with van der Waals surface area (Å²) in [6.45, 7) is 3.35. The van der Waals surface area contributed by atoms with Gasteiger partial charge in [-0.1, -0.05) is 20.3 Å². The molecule has 0 aliphatic heterocycles. The molecule has 174 valence electrons. The second-order valence-electron chi connectivity index (χ2n) is 7.21. The van der Waals surface area contributed by atoms with E-state index in [9.17, 15) is 24.3 Å². The number of nitrogens with two attached hydrogens (primary N) is 1. The fourth-order valence-electron chi connectivity index (χ4n) is 2.64. The number of aromatic amines is 1. The van der Waals surface area contributed by atoms with Crippen molar-refractivity contribution in [1.29, 1.82) is 0 Å². The lowest BCUT2D eigenvalue weighted by atomic mass is 9.99. The van der Waals surface area contributed by atoms with Crippen molar-refractivity contribution in [2.75, 3.05) is 18.6 Å². The summed E-state index contributed by atoms with van der Waals surface area (Å²) in [5, 5.41) is 16.8. The molecular formula is C19H32N6O5S. The first-order chi connectivity index (χ1) is 14.7. The summed E-state index contributed by atoms with van der Waals surface area (Å²) in [4.78, 5) is 55.0. The van der Waals surface area contributed by atoms with E-state index in [2.05, 4.69) is 25.9 Å². The topological polar surface area (TPSA) is 179 Å². The van der Waals surface area contributed by atoms with Crippen molar-refractivity contribution < 1.29 is 24.3 Å². The van der Waals surface area contributed by atoms with Crippen molar-refractivity contribution in [3.05, 3.63) is 18.2 Å². The third kappa shape index (κ3) is 9.39. The van der Waals surface area contributed by atoms with Crippen molar-refractivity contribution in [2.24, 2.45) is 11.7 Å². The van der Waals surface area contributed by atoms with E-state index in [-0.39, 0.29) is 12.3 Å². The van der Waals surface area contributed by atoms with E-state index in [0.717, 1.165) is 6.42 Å². The quantitative estimate of drug-likeness (QED) is 0.211. The molecule has 0 saturated carbocycles. The van der Waals surface area contributed by atoms with Crippen molar-refractivity contribution in [3.63, 3.8) is 0 Å². The van der Waals surface area contributed by atoms with Crippen LogP contribution in [0.2, 0.25) is 0 Å². The Labute approximate surface area is 185 Å². The lowest BCUT2D eigenvalue weighted by molar-refractivity contribution is -0.141. The van der Waals surface area contributed by atoms with E-state index in [0.29, 0.717) is 17.9 Å². The molecule has 1 aromatic rings. The summed E-state index contributed by atoms with van der Waals surface area (Å²) < 4.78 is 0. The Balaban J connectivity index is 2.63. The molecule has 1 heterocycles. The van der Waals surface area contributed by atoms with Gasteiger partial charge >= 0.3 is 5.97 Å². The smallest absolute Gasteiger partial charge is 0.326 e. The molecule has 0 aliphatic rings. The molecule has 4 unspecified atom stereocenters. The maximum absolute atomic E-state index is 12.5. The lowest BCUT2D eigenvalue weighted by Crippen LogP contribution is -2.54. The first-order valence-corrected chi connectivity index (χ1v) is 11.4. The number of nitrogens with zero attached hydrogens (tertiary/aromatic N) is 1. The number of hydrogen-bond donors (Lipinski definition) is 6. The molecule has 0 aliphatic carbocycles. The number of thioether (sulfide) groups is 1. The minimum Gasteiger partial charge on any atom is -0.480 e. The minimum atomic E-state index is -1.21. The summed E-state index contributed by atoms with van der Waals surface area (Å²) in [6, 6.07) is -2.76. The van der Waals surface area contributed by atoms with Gasteiger partial charge in [0, 0.05) is 18.3 Å². The van der Waals surface area contributed by atoms with Gasteiger partial charge in [0.1, 0.15) is 12.1 Å². The number of aromatic nitrogens is 2. The van der Waals surface area contributed by atoms with Crippen LogP contribution in [-0.4, -0.2) is 75.4 Å². The maximum atomic E-state index is 12.5. The fourth-order valence-corrected chi connectivity index (χ4v) is 3.11. The summed E-state index contributed by atoms with van der Waals surface area (Å²) in [7, 11) is 0. The van der Waals surface area contributed by atoms with Gasteiger partial charge in [0.15, 0.2) is 0 Å². The van der Waals surface area contributed by atoms with Crippen LogP contribution in [0.1, 0.15) is 32.4 Å². The molecule has 1 aromatic heterocycles. The van der Waals surface area contributed by atoms with Crippen LogP contribution in [0.25, 0.3) is 0 Å². The van der Waals surface area contributed by atoms with E-state index in [1.54, 1.807) is 0 Å². The summed E-state index contributed by atoms with van der Waals surface area (Å²) in [5.74, 6) is -2.25. The Morgan fingerprint density at radius 2 is 1.94 bits per heavy atom. The van der Waals surface area contributed by atoms with Gasteiger partial charge in [-0.25, -0.2) is 9.78 Å². The lowest BCUT2D eigenvalue weighted by Gasteiger charge is -2.23. The number of carboxylic acids is 1. The molecule has 0 fully saturated rings. The standard InChI is InChI=1S/C19H32N6O5S/c1-4-11(2)16(20)18(28)25-13(5-6-31-3)17(27)22-9-15(26)24-14(19(29)30)7-12-8-21-10-23-12/h8,10-11,13-14,16H,4-7,9,20H2,1-3H3,(H,21,23)(H,22,27)(H,24,26)(H,25,28)(H,29,30). The number of rotatable bonds is 14. The second kappa shape index (κ2) is 13.7. The molecule has 12 heteroatoms. The highest BCUT2D eigenvalue weighted by molar-refractivity contribution is 7.98. The number of imidazole rings is 1. The zero-order valence-corrected chi connectivity index (χ0v) is 18.8. The molecule has 0 bridgehead atoms. The van der Waals surface area contributed by atoms with Gasteiger partial charge < -0.3 is 31.8 Å². The van der Waals surface area contributed by atoms with Gasteiger partial charge in [-0.3, -0.25) is 14.4 Å². The Hall–Kier alpha value is -2.60. The highest BCUT2D eigenvalue weighted by Crippen LogP contribution is 2.07. The Morgan fingerprint density at radius 3 is 2.48 bits per heavy atom. The SMILES string of the molecule is CCC(C)C(N)C(=O)NC(CCSC)C(=O)NCC(=O)NC(Cc1cnc[nH]1)C(=O)O. The van der Waals surface area contributed by atoms with Gasteiger partial charge in [0.05, 0.1) is 18.9 Å². The van der Waals surface area contributed by atoms with Crippen LogP contribution in [0.3, 0.4) is 0 Å². The molecule has 0 aromatic carbocycles. The molecule has 4 atom stereocenters. The van der Waals surface area contributed by atoms with Gasteiger partial charge in [0.25, 0.3) is 0 Å². The van der Waals surface area contributed by atoms with E-state index in [4.69, 9.17) is 5.73 Å². The molecular weight excluding hydrogens is 424 g/mol. The van der Waals surface area contributed by atoms with Crippen LogP contribution in [-0.2, 0) is 25.6 Å². The van der Waals surface area contributed by atoms with Crippen LogP contribution < -0.4 is 21.7 Å². The number of carbonyl (C=O) groups is 4. The zero-order chi connectivity index (χ0) is 23.4. The Bertz CT molecular complexity index is 729. The number of carbonyl (C=O) groups excluding carboxylic acids is 3. The average molecular weight is 457 g/mol. The largest absolute Gasteiger partial charge is 0.480 e. The van der Waals surface area contributed by atoms with E-state index < -0.39 is 48.4 Å². The summed E-state index contributed by atoms with van der Waals surface area (Å²) >= 11 is 1.52. The Morgan fingerprint density at radius 1 is 1.23 bits per heavy atom. The van der Waals surface area contributed by atoms with E-state index in [1.165, 1.54) is 24.3 Å². The zero-order valence-electron chi connectivity index (χ0n) is 18.0. The number of carboxylic acid groups (broad SMARTS) is 1. The van der Waals surface area contributed by atoms with Gasteiger partial charge in [-0.15, -0.1) is 0 Å². The normalized spacial score (nSPS) is 14.7. The summed E-state index contributed by atoms with van der Waals surface area (Å²) in [6.07, 6.45) is 5.86. The Kier molecular flexibility index (Phi) is 11.6. The molecule has 7 N–H and O–H groups in total. The van der Waals surface area contributed by atoms with Crippen LogP contribution >= 0.6 is 11.8 Å². The van der Waals surface area contributed by atoms with Crippen LogP contribution in [0.4, 0.5) is 0 Å². The molecule has 0 radical (unpaired) electrons. The van der Waals surface area contributed by atoms with Gasteiger partial charge in [-0.2, -0.15) is 11.8 Å². The monoisotopic (exact) mass is 456 g/mol. The molecule has 11 nitrogen and oxygen atoms in total. The van der Waals surface area contributed by atoms with Crippen LogP contribution in [0, 0.1) is 5.92 Å². The first-order valence-electron chi connectivity index (χ1n) is 10.0. The minimum absolute atomic E-state index is 0.0227. The molecule has 3 amide bonds. The number of aliphatic carboxylic acids is 1. The van der Waals surface area contributed by atoms with Crippen LogP contribution in [0.15, 0.2) is 12.5 Å². The molecule has 0 spiro atoms. The fraction of sp³-hybridized carbons (Fsp3) is 0.632. The number of nitrogens with one attached hydrogen (secondary N) is 4. The average Bonchev–Trinajstić information content (AvgIpc) is 3.26. The highest BCUT2D eigenvalue weighted by atomic mass is 32.2. The van der Waals surface area contributed by atoms with Crippen molar-refractivity contribution in [1.82, 2.24) is 25.9 Å². The van der Waals surface area contributed by atoms with E-state index >= 15 is 0 Å². The van der Waals surface area contributed by atoms with Gasteiger partial charge in [0.2, 0.25) is 17.7 Å². The maximum Gasteiger partial charge on any atom is 0.326 e. The van der Waals surface area contributed by atoms with Crippen LogP contribution in [0.5, 0.6) is 0 Å². The van der Waals surface area contributed by atoms with Crippen molar-refractivity contribution in [2.45, 2.75) is 51.2 Å². The summed E-state index contributed by atoms with van der Waals surface area (Å²) in [5.41, 5.74) is 6.48. The molecule has 31 heavy (non-hydrogen) atoms. The number of H-pyrrole nitrogens is 1. The van der Waals surface area contributed by atoms with Crippen molar-refractivity contribution >= 4 is 35.5 Å². The third-order valence-electron chi connectivity index (χ3n) is 4.84. The highest BCUT2D eigenvalue weighted by Gasteiger charge is 2.27.